The molecule has 5 heteroatoms. The van der Waals surface area contributed by atoms with Gasteiger partial charge in [0.1, 0.15) is 0 Å². The van der Waals surface area contributed by atoms with E-state index in [1.54, 1.807) is 13.0 Å². The number of rotatable bonds is 5. The second kappa shape index (κ2) is 5.19. The summed E-state index contributed by atoms with van der Waals surface area (Å²) in [5, 5.41) is 17.9. The molecule has 0 spiro atoms. The van der Waals surface area contributed by atoms with Crippen LogP contribution in [0, 0.1) is 18.3 Å². The average molecular weight is 259 g/mol. The van der Waals surface area contributed by atoms with Crippen LogP contribution in [0.25, 0.3) is 0 Å². The van der Waals surface area contributed by atoms with Crippen LogP contribution < -0.4 is 10.6 Å². The number of hydrogen-bond donors (Lipinski definition) is 2. The Kier molecular flexibility index (Phi) is 3.61. The zero-order valence-electron chi connectivity index (χ0n) is 10.9. The molecule has 0 amide bonds. The first-order chi connectivity index (χ1) is 9.04. The zero-order valence-corrected chi connectivity index (χ0v) is 10.9. The lowest BCUT2D eigenvalue weighted by atomic mass is 10.1. The van der Waals surface area contributed by atoms with E-state index in [4.69, 9.17) is 11.0 Å². The summed E-state index contributed by atoms with van der Waals surface area (Å²) >= 11 is 0. The molecule has 0 aliphatic heterocycles. The molecule has 1 aromatic rings. The number of aryl methyl sites for hydroxylation is 1. The lowest BCUT2D eigenvalue weighted by molar-refractivity contribution is 0.0698. The average Bonchev–Trinajstić information content (AvgIpc) is 3.17. The SMILES string of the molecule is Cc1cc(N(CCC#N)C2CC2)cc(C(=O)O)c1N. The Bertz CT molecular complexity index is 544. The highest BCUT2D eigenvalue weighted by Gasteiger charge is 2.29. The molecule has 0 atom stereocenters. The third-order valence-corrected chi connectivity index (χ3v) is 3.39. The van der Waals surface area contributed by atoms with Crippen molar-refractivity contribution in [2.24, 2.45) is 0 Å². The summed E-state index contributed by atoms with van der Waals surface area (Å²) in [6, 6.07) is 6.07. The number of hydrogen-bond acceptors (Lipinski definition) is 4. The summed E-state index contributed by atoms with van der Waals surface area (Å²) in [5.41, 5.74) is 7.85. The summed E-state index contributed by atoms with van der Waals surface area (Å²) in [6.45, 7) is 2.43. The molecular weight excluding hydrogens is 242 g/mol. The molecule has 0 aromatic heterocycles. The predicted octanol–water partition coefficient (Wildman–Crippen LogP) is 2.16. The minimum atomic E-state index is -1.02. The lowest BCUT2D eigenvalue weighted by Gasteiger charge is -2.25. The summed E-state index contributed by atoms with van der Waals surface area (Å²) < 4.78 is 0. The molecule has 5 nitrogen and oxygen atoms in total. The Morgan fingerprint density at radius 1 is 1.58 bits per heavy atom. The van der Waals surface area contributed by atoms with Gasteiger partial charge < -0.3 is 15.7 Å². The number of carboxylic acids is 1. The summed E-state index contributed by atoms with van der Waals surface area (Å²) in [7, 11) is 0. The maximum absolute atomic E-state index is 11.2. The van der Waals surface area contributed by atoms with Crippen LogP contribution in [0.3, 0.4) is 0 Å². The first kappa shape index (κ1) is 13.2. The highest BCUT2D eigenvalue weighted by Crippen LogP contribution is 2.34. The van der Waals surface area contributed by atoms with Crippen molar-refractivity contribution in [1.29, 1.82) is 5.26 Å². The molecule has 1 saturated carbocycles. The number of anilines is 2. The van der Waals surface area contributed by atoms with Crippen molar-refractivity contribution >= 4 is 17.3 Å². The van der Waals surface area contributed by atoms with Crippen molar-refractivity contribution in [3.63, 3.8) is 0 Å². The molecule has 1 aromatic carbocycles. The van der Waals surface area contributed by atoms with E-state index in [1.165, 1.54) is 0 Å². The molecule has 1 fully saturated rings. The molecule has 0 heterocycles. The van der Waals surface area contributed by atoms with E-state index < -0.39 is 5.97 Å². The number of benzene rings is 1. The van der Waals surface area contributed by atoms with E-state index in [-0.39, 0.29) is 5.56 Å². The molecule has 3 N–H and O–H groups in total. The summed E-state index contributed by atoms with van der Waals surface area (Å²) in [6.07, 6.45) is 2.62. The number of nitriles is 1. The third-order valence-electron chi connectivity index (χ3n) is 3.39. The van der Waals surface area contributed by atoms with Gasteiger partial charge in [0.05, 0.1) is 18.1 Å². The van der Waals surface area contributed by atoms with E-state index >= 15 is 0 Å². The van der Waals surface area contributed by atoms with Gasteiger partial charge in [-0.1, -0.05) is 0 Å². The maximum atomic E-state index is 11.2. The molecular formula is C14H17N3O2. The molecule has 19 heavy (non-hydrogen) atoms. The van der Waals surface area contributed by atoms with Gasteiger partial charge in [0.2, 0.25) is 0 Å². The van der Waals surface area contributed by atoms with E-state index in [0.29, 0.717) is 24.7 Å². The minimum absolute atomic E-state index is 0.137. The monoisotopic (exact) mass is 259 g/mol. The Morgan fingerprint density at radius 2 is 2.26 bits per heavy atom. The number of carbonyl (C=O) groups is 1. The number of nitrogen functional groups attached to an aromatic ring is 1. The van der Waals surface area contributed by atoms with Crippen molar-refractivity contribution in [2.45, 2.75) is 32.2 Å². The number of aromatic carboxylic acids is 1. The fourth-order valence-electron chi connectivity index (χ4n) is 2.20. The lowest BCUT2D eigenvalue weighted by Crippen LogP contribution is -2.27. The van der Waals surface area contributed by atoms with Crippen LogP contribution in [-0.4, -0.2) is 23.7 Å². The van der Waals surface area contributed by atoms with Crippen LogP contribution in [0.5, 0.6) is 0 Å². The van der Waals surface area contributed by atoms with Crippen LogP contribution in [-0.2, 0) is 0 Å². The van der Waals surface area contributed by atoms with Gasteiger partial charge in [0, 0.05) is 24.0 Å². The van der Waals surface area contributed by atoms with Crippen LogP contribution in [0.2, 0.25) is 0 Å². The standard InChI is InChI=1S/C14H17N3O2/c1-9-7-11(8-12(13(9)16)14(18)19)17(6-2-5-15)10-3-4-10/h7-8,10H,2-4,6,16H2,1H3,(H,18,19). The van der Waals surface area contributed by atoms with Crippen LogP contribution >= 0.6 is 0 Å². The van der Waals surface area contributed by atoms with Gasteiger partial charge in [-0.15, -0.1) is 0 Å². The van der Waals surface area contributed by atoms with Gasteiger partial charge in [-0.05, 0) is 37.5 Å². The van der Waals surface area contributed by atoms with Crippen molar-refractivity contribution < 1.29 is 9.90 Å². The summed E-state index contributed by atoms with van der Waals surface area (Å²) in [4.78, 5) is 13.3. The topological polar surface area (TPSA) is 90.3 Å². The Balaban J connectivity index is 2.37. The van der Waals surface area contributed by atoms with Gasteiger partial charge in [-0.2, -0.15) is 5.26 Å². The van der Waals surface area contributed by atoms with Crippen LogP contribution in [0.1, 0.15) is 35.2 Å². The van der Waals surface area contributed by atoms with Crippen LogP contribution in [0.4, 0.5) is 11.4 Å². The Hall–Kier alpha value is -2.22. The van der Waals surface area contributed by atoms with E-state index in [1.807, 2.05) is 6.07 Å². The van der Waals surface area contributed by atoms with Crippen molar-refractivity contribution in [3.8, 4) is 6.07 Å². The molecule has 2 rings (SSSR count). The third kappa shape index (κ3) is 2.79. The second-order valence-corrected chi connectivity index (χ2v) is 4.86. The van der Waals surface area contributed by atoms with Crippen LogP contribution in [0.15, 0.2) is 12.1 Å². The molecule has 0 bridgehead atoms. The van der Waals surface area contributed by atoms with Gasteiger partial charge >= 0.3 is 5.97 Å². The molecule has 1 aliphatic carbocycles. The van der Waals surface area contributed by atoms with Gasteiger partial charge in [-0.25, -0.2) is 4.79 Å². The normalized spacial score (nSPS) is 13.9. The van der Waals surface area contributed by atoms with Crippen molar-refractivity contribution in [3.05, 3.63) is 23.3 Å². The minimum Gasteiger partial charge on any atom is -0.478 e. The summed E-state index contributed by atoms with van der Waals surface area (Å²) in [5.74, 6) is -1.02. The van der Waals surface area contributed by atoms with Crippen molar-refractivity contribution in [1.82, 2.24) is 0 Å². The van der Waals surface area contributed by atoms with E-state index in [9.17, 15) is 9.90 Å². The Labute approximate surface area is 112 Å². The first-order valence-electron chi connectivity index (χ1n) is 6.31. The molecule has 0 saturated heterocycles. The predicted molar refractivity (Wildman–Crippen MR) is 73.1 cm³/mol. The number of carboxylic acid groups (broad SMARTS) is 1. The molecule has 0 unspecified atom stereocenters. The second-order valence-electron chi connectivity index (χ2n) is 4.86. The zero-order chi connectivity index (χ0) is 14.0. The molecule has 100 valence electrons. The largest absolute Gasteiger partial charge is 0.478 e. The fourth-order valence-corrected chi connectivity index (χ4v) is 2.20. The highest BCUT2D eigenvalue weighted by atomic mass is 16.4. The van der Waals surface area contributed by atoms with Crippen molar-refractivity contribution in [2.75, 3.05) is 17.2 Å². The maximum Gasteiger partial charge on any atom is 0.337 e. The van der Waals surface area contributed by atoms with E-state index in [0.717, 1.165) is 24.1 Å². The van der Waals surface area contributed by atoms with Gasteiger partial charge in [-0.3, -0.25) is 0 Å². The van der Waals surface area contributed by atoms with Gasteiger partial charge in [0.15, 0.2) is 0 Å². The first-order valence-corrected chi connectivity index (χ1v) is 6.31. The quantitative estimate of drug-likeness (QED) is 0.791. The number of nitrogens with zero attached hydrogens (tertiary/aromatic N) is 2. The highest BCUT2D eigenvalue weighted by molar-refractivity contribution is 5.95. The van der Waals surface area contributed by atoms with E-state index in [2.05, 4.69) is 11.0 Å². The molecule has 1 aliphatic rings. The molecule has 0 radical (unpaired) electrons. The Morgan fingerprint density at radius 3 is 2.79 bits per heavy atom. The fraction of sp³-hybridized carbons (Fsp3) is 0.429. The number of nitrogens with two attached hydrogens (primary N) is 1. The van der Waals surface area contributed by atoms with Gasteiger partial charge in [0.25, 0.3) is 0 Å². The smallest absolute Gasteiger partial charge is 0.337 e.